The summed E-state index contributed by atoms with van der Waals surface area (Å²) in [6.07, 6.45) is -4.77. The van der Waals surface area contributed by atoms with Crippen molar-refractivity contribution in [1.82, 2.24) is 4.73 Å². The number of hydrogen-bond acceptors (Lipinski definition) is 4. The summed E-state index contributed by atoms with van der Waals surface area (Å²) < 4.78 is 52.3. The van der Waals surface area contributed by atoms with Crippen LogP contribution in [0.1, 0.15) is 21.6 Å². The van der Waals surface area contributed by atoms with E-state index in [-0.39, 0.29) is 33.7 Å². The van der Waals surface area contributed by atoms with Crippen LogP contribution in [0.25, 0.3) is 22.0 Å². The molecule has 0 aliphatic carbocycles. The van der Waals surface area contributed by atoms with Crippen LogP contribution in [0.4, 0.5) is 13.2 Å². The minimum atomic E-state index is -4.77. The molecule has 0 spiro atoms. The van der Waals surface area contributed by atoms with Crippen LogP contribution in [0, 0.1) is 0 Å². The van der Waals surface area contributed by atoms with Gasteiger partial charge in [-0.3, -0.25) is 0 Å². The van der Waals surface area contributed by atoms with E-state index >= 15 is 0 Å². The highest BCUT2D eigenvalue weighted by molar-refractivity contribution is 6.36. The second-order valence-corrected chi connectivity index (χ2v) is 8.19. The van der Waals surface area contributed by atoms with E-state index in [1.165, 1.54) is 31.4 Å². The number of esters is 1. The molecule has 1 aromatic heterocycles. The van der Waals surface area contributed by atoms with Crippen LogP contribution in [-0.2, 0) is 17.5 Å². The second-order valence-electron chi connectivity index (χ2n) is 7.34. The third-order valence-electron chi connectivity index (χ3n) is 5.18. The molecule has 0 amide bonds. The van der Waals surface area contributed by atoms with Gasteiger partial charge < -0.3 is 14.7 Å². The standard InChI is InChI=1S/C24H16Cl2F3NO4/c1-33-16-5-2-13(3-6-16)12-34-23(31)22-11-18-19(24(27,28)29)8-14(9-21(18)30(22)32)17-7-4-15(25)10-20(17)26/h2-11,32H,12H2,1H3. The summed E-state index contributed by atoms with van der Waals surface area (Å²) in [6.45, 7) is -0.151. The largest absolute Gasteiger partial charge is 0.497 e. The molecule has 1 heterocycles. The quantitative estimate of drug-likeness (QED) is 0.227. The van der Waals surface area contributed by atoms with Crippen LogP contribution < -0.4 is 4.74 Å². The molecule has 0 bridgehead atoms. The Bertz CT molecular complexity index is 1380. The van der Waals surface area contributed by atoms with Crippen molar-refractivity contribution in [3.8, 4) is 16.9 Å². The third-order valence-corrected chi connectivity index (χ3v) is 5.73. The molecule has 176 valence electrons. The Morgan fingerprint density at radius 2 is 1.74 bits per heavy atom. The minimum absolute atomic E-state index is 0.0908. The lowest BCUT2D eigenvalue weighted by Gasteiger charge is -2.12. The van der Waals surface area contributed by atoms with Crippen molar-refractivity contribution in [2.45, 2.75) is 12.8 Å². The summed E-state index contributed by atoms with van der Waals surface area (Å²) in [6, 6.07) is 14.2. The molecule has 0 radical (unpaired) electrons. The topological polar surface area (TPSA) is 60.7 Å². The van der Waals surface area contributed by atoms with E-state index in [4.69, 9.17) is 32.7 Å². The zero-order valence-corrected chi connectivity index (χ0v) is 19.0. The van der Waals surface area contributed by atoms with Crippen molar-refractivity contribution >= 4 is 40.1 Å². The maximum absolute atomic E-state index is 13.9. The molecule has 1 N–H and O–H groups in total. The van der Waals surface area contributed by atoms with E-state index in [0.29, 0.717) is 21.1 Å². The smallest absolute Gasteiger partial charge is 0.417 e. The summed E-state index contributed by atoms with van der Waals surface area (Å²) >= 11 is 12.1. The number of ether oxygens (including phenoxy) is 2. The number of nitrogens with zero attached hydrogens (tertiary/aromatic N) is 1. The highest BCUT2D eigenvalue weighted by atomic mass is 35.5. The van der Waals surface area contributed by atoms with E-state index < -0.39 is 23.4 Å². The maximum atomic E-state index is 13.9. The van der Waals surface area contributed by atoms with Crippen LogP contribution in [0.3, 0.4) is 0 Å². The van der Waals surface area contributed by atoms with Gasteiger partial charge in [0.25, 0.3) is 0 Å². The lowest BCUT2D eigenvalue weighted by Crippen LogP contribution is -2.10. The average molecular weight is 510 g/mol. The normalized spacial score (nSPS) is 11.6. The van der Waals surface area contributed by atoms with Crippen molar-refractivity contribution in [1.29, 1.82) is 0 Å². The Balaban J connectivity index is 1.74. The molecule has 10 heteroatoms. The molecule has 0 unspecified atom stereocenters. The van der Waals surface area contributed by atoms with E-state index in [2.05, 4.69) is 0 Å². The molecule has 0 fully saturated rings. The molecule has 4 aromatic rings. The number of alkyl halides is 3. The van der Waals surface area contributed by atoms with Crippen LogP contribution >= 0.6 is 23.2 Å². The molecule has 5 nitrogen and oxygen atoms in total. The highest BCUT2D eigenvalue weighted by Crippen LogP contribution is 2.41. The molecule has 0 aliphatic rings. The Kier molecular flexibility index (Phi) is 6.38. The number of halogens is 5. The van der Waals surface area contributed by atoms with E-state index in [0.717, 1.165) is 12.1 Å². The van der Waals surface area contributed by atoms with Gasteiger partial charge in [0, 0.05) is 21.0 Å². The first-order valence-corrected chi connectivity index (χ1v) is 10.6. The molecule has 0 saturated heterocycles. The number of carbonyl (C=O) groups is 1. The Hall–Kier alpha value is -3.36. The molecule has 0 aliphatic heterocycles. The van der Waals surface area contributed by atoms with Gasteiger partial charge in [0.05, 0.1) is 18.2 Å². The fraction of sp³-hybridized carbons (Fsp3) is 0.125. The van der Waals surface area contributed by atoms with Gasteiger partial charge in [-0.15, -0.1) is 0 Å². The number of hydrogen-bond donors (Lipinski definition) is 1. The molecule has 3 aromatic carbocycles. The molecule has 4 rings (SSSR count). The highest BCUT2D eigenvalue weighted by Gasteiger charge is 2.35. The van der Waals surface area contributed by atoms with Crippen molar-refractivity contribution in [3.63, 3.8) is 0 Å². The van der Waals surface area contributed by atoms with Crippen LogP contribution in [0.15, 0.2) is 60.7 Å². The van der Waals surface area contributed by atoms with Gasteiger partial charge in [0.15, 0.2) is 5.69 Å². The predicted molar refractivity (Wildman–Crippen MR) is 122 cm³/mol. The third kappa shape index (κ3) is 4.64. The van der Waals surface area contributed by atoms with E-state index in [1.807, 2.05) is 0 Å². The fourth-order valence-corrected chi connectivity index (χ4v) is 4.01. The summed E-state index contributed by atoms with van der Waals surface area (Å²) in [5.41, 5.74) is -0.717. The van der Waals surface area contributed by atoms with Crippen molar-refractivity contribution < 1.29 is 32.6 Å². The average Bonchev–Trinajstić information content (AvgIpc) is 3.13. The van der Waals surface area contributed by atoms with Gasteiger partial charge in [0.2, 0.25) is 0 Å². The van der Waals surface area contributed by atoms with Crippen molar-refractivity contribution in [2.75, 3.05) is 7.11 Å². The number of rotatable bonds is 5. The summed E-state index contributed by atoms with van der Waals surface area (Å²) in [4.78, 5) is 12.6. The first-order chi connectivity index (χ1) is 16.1. The van der Waals surface area contributed by atoms with Gasteiger partial charge >= 0.3 is 12.1 Å². The molecule has 34 heavy (non-hydrogen) atoms. The Morgan fingerprint density at radius 1 is 1.03 bits per heavy atom. The first-order valence-electron chi connectivity index (χ1n) is 9.80. The lowest BCUT2D eigenvalue weighted by atomic mass is 9.99. The van der Waals surface area contributed by atoms with Crippen LogP contribution in [0.2, 0.25) is 10.0 Å². The van der Waals surface area contributed by atoms with E-state index in [1.54, 1.807) is 24.3 Å². The molecule has 0 atom stereocenters. The lowest BCUT2D eigenvalue weighted by molar-refractivity contribution is -0.136. The Morgan fingerprint density at radius 3 is 2.35 bits per heavy atom. The summed E-state index contributed by atoms with van der Waals surface area (Å²) in [5.74, 6) is -0.379. The van der Waals surface area contributed by atoms with Gasteiger partial charge in [-0.2, -0.15) is 17.9 Å². The molecular formula is C24H16Cl2F3NO4. The summed E-state index contributed by atoms with van der Waals surface area (Å²) in [5, 5.41) is 10.7. The SMILES string of the molecule is COc1ccc(COC(=O)c2cc3c(C(F)(F)F)cc(-c4ccc(Cl)cc4Cl)cc3n2O)cc1. The second kappa shape index (κ2) is 9.12. The predicted octanol–water partition coefficient (Wildman–Crippen LogP) is 7.24. The molecule has 0 saturated carbocycles. The summed E-state index contributed by atoms with van der Waals surface area (Å²) in [7, 11) is 1.51. The van der Waals surface area contributed by atoms with Gasteiger partial charge in [-0.05, 0) is 53.6 Å². The fourth-order valence-electron chi connectivity index (χ4n) is 3.50. The van der Waals surface area contributed by atoms with E-state index in [9.17, 15) is 23.2 Å². The van der Waals surface area contributed by atoms with Gasteiger partial charge in [-0.1, -0.05) is 41.4 Å². The number of aromatic nitrogens is 1. The molecular weight excluding hydrogens is 494 g/mol. The number of fused-ring (bicyclic) bond motifs is 1. The van der Waals surface area contributed by atoms with Crippen molar-refractivity contribution in [3.05, 3.63) is 87.5 Å². The Labute approximate surface area is 201 Å². The monoisotopic (exact) mass is 509 g/mol. The number of methoxy groups -OCH3 is 1. The van der Waals surface area contributed by atoms with Gasteiger partial charge in [-0.25, -0.2) is 4.79 Å². The maximum Gasteiger partial charge on any atom is 0.417 e. The zero-order valence-electron chi connectivity index (χ0n) is 17.5. The van der Waals surface area contributed by atoms with Gasteiger partial charge in [0.1, 0.15) is 12.4 Å². The zero-order chi connectivity index (χ0) is 24.6. The number of carbonyl (C=O) groups excluding carboxylic acids is 1. The number of benzene rings is 3. The van der Waals surface area contributed by atoms with Crippen molar-refractivity contribution in [2.24, 2.45) is 0 Å². The minimum Gasteiger partial charge on any atom is -0.497 e. The van der Waals surface area contributed by atoms with Crippen LogP contribution in [-0.4, -0.2) is 23.0 Å². The van der Waals surface area contributed by atoms with Crippen LogP contribution in [0.5, 0.6) is 5.75 Å². The first kappa shape index (κ1) is 23.8.